The van der Waals surface area contributed by atoms with Gasteiger partial charge in [0.25, 0.3) is 5.91 Å². The lowest BCUT2D eigenvalue weighted by atomic mass is 10.3. The van der Waals surface area contributed by atoms with Crippen LogP contribution in [0.5, 0.6) is 5.75 Å². The summed E-state index contributed by atoms with van der Waals surface area (Å²) in [7, 11) is 0. The highest BCUT2D eigenvalue weighted by Crippen LogP contribution is 2.18. The van der Waals surface area contributed by atoms with Crippen LogP contribution in [0.15, 0.2) is 24.3 Å². The van der Waals surface area contributed by atoms with Gasteiger partial charge in [0.1, 0.15) is 4.32 Å². The number of nitrogens with one attached hydrogen (secondary N) is 1. The highest BCUT2D eigenvalue weighted by molar-refractivity contribution is 8.23. The molecule has 1 fully saturated rings. The van der Waals surface area contributed by atoms with Crippen molar-refractivity contribution >= 4 is 46.1 Å². The van der Waals surface area contributed by atoms with Crippen molar-refractivity contribution in [3.05, 3.63) is 30.1 Å². The topological polar surface area (TPSA) is 84.9 Å². The van der Waals surface area contributed by atoms with Gasteiger partial charge in [-0.05, 0) is 12.1 Å². The van der Waals surface area contributed by atoms with Gasteiger partial charge in [0.15, 0.2) is 24.8 Å². The van der Waals surface area contributed by atoms with Crippen LogP contribution in [0.25, 0.3) is 0 Å². The second kappa shape index (κ2) is 9.33. The smallest absolute Gasteiger partial charge is 0.344 e. The van der Waals surface area contributed by atoms with Gasteiger partial charge in [0, 0.05) is 13.1 Å². The van der Waals surface area contributed by atoms with Gasteiger partial charge in [-0.25, -0.2) is 9.18 Å². The maximum Gasteiger partial charge on any atom is 0.344 e. The Kier molecular flexibility index (Phi) is 7.14. The molecule has 1 aromatic rings. The molecule has 2 rings (SSSR count). The Morgan fingerprint density at radius 1 is 1.32 bits per heavy atom. The van der Waals surface area contributed by atoms with Crippen molar-refractivity contribution in [1.29, 1.82) is 0 Å². The maximum atomic E-state index is 13.3. The van der Waals surface area contributed by atoms with Gasteiger partial charge in [0.2, 0.25) is 5.91 Å². The third-order valence-electron chi connectivity index (χ3n) is 3.04. The number of hydrogen-bond acceptors (Lipinski definition) is 7. The standard InChI is InChI=1S/C15H15FN2O5S2/c16-10-3-1-2-4-11(10)22-8-14(21)23-7-12(19)17-5-6-18-13(20)9-25-15(18)24/h1-4H,5-9H2,(H,17,19). The number of thioether (sulfide) groups is 1. The quantitative estimate of drug-likeness (QED) is 0.521. The van der Waals surface area contributed by atoms with E-state index >= 15 is 0 Å². The lowest BCUT2D eigenvalue weighted by Gasteiger charge is -2.15. The molecule has 0 unspecified atom stereocenters. The average Bonchev–Trinajstić information content (AvgIpc) is 2.91. The number of carbonyl (C=O) groups excluding carboxylic acids is 3. The third-order valence-corrected chi connectivity index (χ3v) is 4.48. The van der Waals surface area contributed by atoms with Crippen LogP contribution in [-0.4, -0.2) is 59.1 Å². The predicted octanol–water partition coefficient (Wildman–Crippen LogP) is 0.724. The molecular weight excluding hydrogens is 371 g/mol. The van der Waals surface area contributed by atoms with E-state index in [1.165, 1.54) is 34.9 Å². The molecule has 7 nitrogen and oxygen atoms in total. The number of ether oxygens (including phenoxy) is 2. The highest BCUT2D eigenvalue weighted by atomic mass is 32.2. The molecule has 1 aromatic carbocycles. The Morgan fingerprint density at radius 3 is 2.76 bits per heavy atom. The van der Waals surface area contributed by atoms with E-state index in [4.69, 9.17) is 21.7 Å². The SMILES string of the molecule is O=C(COC(=O)COc1ccccc1F)NCCN1C(=O)CSC1=S. The molecule has 0 aromatic heterocycles. The van der Waals surface area contributed by atoms with E-state index < -0.39 is 30.9 Å². The summed E-state index contributed by atoms with van der Waals surface area (Å²) in [6.45, 7) is -0.552. The summed E-state index contributed by atoms with van der Waals surface area (Å²) in [6.07, 6.45) is 0. The van der Waals surface area contributed by atoms with Gasteiger partial charge >= 0.3 is 5.97 Å². The zero-order chi connectivity index (χ0) is 18.2. The number of thiocarbonyl (C=S) groups is 1. The fraction of sp³-hybridized carbons (Fsp3) is 0.333. The van der Waals surface area contributed by atoms with Crippen LogP contribution in [0.3, 0.4) is 0 Å². The molecule has 0 saturated carbocycles. The first-order valence-electron chi connectivity index (χ1n) is 7.24. The molecule has 0 aliphatic carbocycles. The monoisotopic (exact) mass is 386 g/mol. The molecule has 134 valence electrons. The molecule has 0 spiro atoms. The largest absolute Gasteiger partial charge is 0.479 e. The first-order valence-corrected chi connectivity index (χ1v) is 8.63. The van der Waals surface area contributed by atoms with Crippen molar-refractivity contribution in [3.63, 3.8) is 0 Å². The average molecular weight is 386 g/mol. The molecular formula is C15H15FN2O5S2. The first kappa shape index (κ1) is 19.1. The fourth-order valence-corrected chi connectivity index (χ4v) is 2.96. The minimum absolute atomic E-state index is 0.0759. The van der Waals surface area contributed by atoms with Gasteiger partial charge < -0.3 is 14.8 Å². The maximum absolute atomic E-state index is 13.3. The van der Waals surface area contributed by atoms with Gasteiger partial charge in [-0.1, -0.05) is 36.1 Å². The Morgan fingerprint density at radius 2 is 2.08 bits per heavy atom. The number of hydrogen-bond donors (Lipinski definition) is 1. The fourth-order valence-electron chi connectivity index (χ4n) is 1.84. The Balaban J connectivity index is 1.61. The van der Waals surface area contributed by atoms with Crippen molar-refractivity contribution in [3.8, 4) is 5.75 Å². The normalized spacial score (nSPS) is 13.7. The molecule has 1 aliphatic rings. The molecule has 1 N–H and O–H groups in total. The second-order valence-electron chi connectivity index (χ2n) is 4.83. The molecule has 10 heteroatoms. The number of nitrogens with zero attached hydrogens (tertiary/aromatic N) is 1. The molecule has 2 amide bonds. The lowest BCUT2D eigenvalue weighted by Crippen LogP contribution is -2.38. The summed E-state index contributed by atoms with van der Waals surface area (Å²) in [5.41, 5.74) is 0. The third kappa shape index (κ3) is 5.98. The summed E-state index contributed by atoms with van der Waals surface area (Å²) >= 11 is 6.28. The molecule has 1 saturated heterocycles. The van der Waals surface area contributed by atoms with E-state index in [0.717, 1.165) is 0 Å². The predicted molar refractivity (Wildman–Crippen MR) is 92.6 cm³/mol. The minimum Gasteiger partial charge on any atom is -0.479 e. The molecule has 0 radical (unpaired) electrons. The Labute approximate surface area is 152 Å². The summed E-state index contributed by atoms with van der Waals surface area (Å²) in [6, 6.07) is 5.62. The molecule has 0 bridgehead atoms. The number of para-hydroxylation sites is 1. The number of esters is 1. The minimum atomic E-state index is -0.800. The Bertz CT molecular complexity index is 670. The lowest BCUT2D eigenvalue weighted by molar-refractivity contribution is -0.150. The summed E-state index contributed by atoms with van der Waals surface area (Å²) in [5.74, 6) is -1.78. The van der Waals surface area contributed by atoms with E-state index in [9.17, 15) is 18.8 Å². The van der Waals surface area contributed by atoms with Crippen molar-refractivity contribution in [2.24, 2.45) is 0 Å². The van der Waals surface area contributed by atoms with E-state index in [1.54, 1.807) is 6.07 Å². The van der Waals surface area contributed by atoms with E-state index in [0.29, 0.717) is 10.1 Å². The van der Waals surface area contributed by atoms with E-state index in [-0.39, 0.29) is 24.7 Å². The van der Waals surface area contributed by atoms with Crippen molar-refractivity contribution in [2.75, 3.05) is 32.1 Å². The second-order valence-corrected chi connectivity index (χ2v) is 6.44. The summed E-state index contributed by atoms with van der Waals surface area (Å²) in [4.78, 5) is 36.0. The van der Waals surface area contributed by atoms with Crippen LogP contribution in [0.2, 0.25) is 0 Å². The number of amides is 2. The van der Waals surface area contributed by atoms with Crippen molar-refractivity contribution in [1.82, 2.24) is 10.2 Å². The molecule has 25 heavy (non-hydrogen) atoms. The van der Waals surface area contributed by atoms with E-state index in [1.807, 2.05) is 0 Å². The summed E-state index contributed by atoms with van der Waals surface area (Å²) in [5, 5.41) is 2.51. The van der Waals surface area contributed by atoms with Gasteiger partial charge in [-0.3, -0.25) is 14.5 Å². The van der Waals surface area contributed by atoms with Crippen LogP contribution in [0, 0.1) is 5.82 Å². The number of benzene rings is 1. The molecule has 1 heterocycles. The summed E-state index contributed by atoms with van der Waals surface area (Å²) < 4.78 is 23.5. The van der Waals surface area contributed by atoms with Crippen molar-refractivity contribution < 1.29 is 28.2 Å². The van der Waals surface area contributed by atoms with Crippen molar-refractivity contribution in [2.45, 2.75) is 0 Å². The molecule has 0 atom stereocenters. The number of halogens is 1. The zero-order valence-electron chi connectivity index (χ0n) is 13.0. The van der Waals surface area contributed by atoms with Crippen LogP contribution in [-0.2, 0) is 19.1 Å². The Hall–Kier alpha value is -2.20. The number of carbonyl (C=O) groups is 3. The first-order chi connectivity index (χ1) is 12.0. The van der Waals surface area contributed by atoms with Crippen LogP contribution in [0.4, 0.5) is 4.39 Å². The van der Waals surface area contributed by atoms with Crippen LogP contribution < -0.4 is 10.1 Å². The number of rotatable bonds is 8. The zero-order valence-corrected chi connectivity index (χ0v) is 14.7. The van der Waals surface area contributed by atoms with Gasteiger partial charge in [-0.2, -0.15) is 0 Å². The molecule has 1 aliphatic heterocycles. The highest BCUT2D eigenvalue weighted by Gasteiger charge is 2.25. The van der Waals surface area contributed by atoms with Crippen LogP contribution >= 0.6 is 24.0 Å². The van der Waals surface area contributed by atoms with Gasteiger partial charge in [-0.15, -0.1) is 0 Å². The van der Waals surface area contributed by atoms with E-state index in [2.05, 4.69) is 5.32 Å². The van der Waals surface area contributed by atoms with Gasteiger partial charge in [0.05, 0.1) is 5.75 Å². The van der Waals surface area contributed by atoms with Crippen LogP contribution in [0.1, 0.15) is 0 Å².